The van der Waals surface area contributed by atoms with E-state index in [-0.39, 0.29) is 11.8 Å². The van der Waals surface area contributed by atoms with E-state index in [1.807, 2.05) is 50.2 Å². The van der Waals surface area contributed by atoms with Crippen molar-refractivity contribution < 1.29 is 19.6 Å². The maximum atomic E-state index is 12.9. The van der Waals surface area contributed by atoms with Gasteiger partial charge in [0.2, 0.25) is 5.91 Å². The SMILES string of the molecule is CC(C)CC(NC(=O)C(Cc1ccccc1)NC(=O)c1ccccc1)B(O)O. The quantitative estimate of drug-likeness (QED) is 0.495. The number of benzene rings is 2. The molecule has 0 aliphatic carbocycles. The van der Waals surface area contributed by atoms with Crippen LogP contribution in [0.2, 0.25) is 0 Å². The zero-order valence-electron chi connectivity index (χ0n) is 16.2. The first kappa shape index (κ1) is 21.7. The van der Waals surface area contributed by atoms with Gasteiger partial charge < -0.3 is 20.7 Å². The molecule has 4 N–H and O–H groups in total. The summed E-state index contributed by atoms with van der Waals surface area (Å²) in [7, 11) is -1.67. The highest BCUT2D eigenvalue weighted by molar-refractivity contribution is 6.43. The molecule has 0 bridgehead atoms. The number of hydrogen-bond donors (Lipinski definition) is 4. The van der Waals surface area contributed by atoms with E-state index in [1.54, 1.807) is 24.3 Å². The highest BCUT2D eigenvalue weighted by Crippen LogP contribution is 2.09. The molecule has 2 aromatic carbocycles. The third-order valence-electron chi connectivity index (χ3n) is 4.35. The van der Waals surface area contributed by atoms with Crippen molar-refractivity contribution in [3.05, 3.63) is 71.8 Å². The summed E-state index contributed by atoms with van der Waals surface area (Å²) in [6.45, 7) is 3.86. The van der Waals surface area contributed by atoms with Gasteiger partial charge in [0.25, 0.3) is 5.91 Å². The van der Waals surface area contributed by atoms with Gasteiger partial charge >= 0.3 is 7.12 Å². The van der Waals surface area contributed by atoms with Crippen molar-refractivity contribution in [3.63, 3.8) is 0 Å². The molecule has 0 radical (unpaired) electrons. The molecule has 7 heteroatoms. The third-order valence-corrected chi connectivity index (χ3v) is 4.35. The minimum atomic E-state index is -1.67. The lowest BCUT2D eigenvalue weighted by Gasteiger charge is -2.24. The van der Waals surface area contributed by atoms with Crippen LogP contribution >= 0.6 is 0 Å². The fourth-order valence-corrected chi connectivity index (χ4v) is 2.94. The Morgan fingerprint density at radius 3 is 2.04 bits per heavy atom. The molecule has 0 aliphatic rings. The Kier molecular flexibility index (Phi) is 8.23. The van der Waals surface area contributed by atoms with Crippen LogP contribution < -0.4 is 10.6 Å². The summed E-state index contributed by atoms with van der Waals surface area (Å²) in [6.07, 6.45) is 0.704. The zero-order chi connectivity index (χ0) is 20.5. The van der Waals surface area contributed by atoms with Crippen molar-refractivity contribution in [2.75, 3.05) is 0 Å². The van der Waals surface area contributed by atoms with Crippen molar-refractivity contribution in [2.24, 2.45) is 5.92 Å². The van der Waals surface area contributed by atoms with Crippen molar-refractivity contribution in [3.8, 4) is 0 Å². The van der Waals surface area contributed by atoms with Crippen LogP contribution in [0.25, 0.3) is 0 Å². The summed E-state index contributed by atoms with van der Waals surface area (Å²) in [5, 5.41) is 24.6. The number of rotatable bonds is 9. The minimum Gasteiger partial charge on any atom is -0.426 e. The molecule has 0 spiro atoms. The van der Waals surface area contributed by atoms with E-state index >= 15 is 0 Å². The van der Waals surface area contributed by atoms with Crippen LogP contribution in [0.4, 0.5) is 0 Å². The molecule has 2 rings (SSSR count). The largest absolute Gasteiger partial charge is 0.475 e. The highest BCUT2D eigenvalue weighted by Gasteiger charge is 2.30. The van der Waals surface area contributed by atoms with Crippen LogP contribution in [-0.2, 0) is 11.2 Å². The average Bonchev–Trinajstić information content (AvgIpc) is 2.68. The van der Waals surface area contributed by atoms with Crippen molar-refractivity contribution in [1.29, 1.82) is 0 Å². The van der Waals surface area contributed by atoms with Crippen LogP contribution in [0, 0.1) is 5.92 Å². The molecule has 0 fully saturated rings. The Hall–Kier alpha value is -2.64. The molecule has 2 amide bonds. The van der Waals surface area contributed by atoms with Crippen LogP contribution in [0.1, 0.15) is 36.2 Å². The van der Waals surface area contributed by atoms with Crippen LogP contribution in [0.5, 0.6) is 0 Å². The van der Waals surface area contributed by atoms with Gasteiger partial charge in [0.05, 0.1) is 5.94 Å². The third kappa shape index (κ3) is 6.83. The van der Waals surface area contributed by atoms with Gasteiger partial charge in [0.15, 0.2) is 0 Å². The van der Waals surface area contributed by atoms with E-state index in [1.165, 1.54) is 0 Å². The van der Waals surface area contributed by atoms with Gasteiger partial charge in [-0.3, -0.25) is 9.59 Å². The number of hydrogen-bond acceptors (Lipinski definition) is 4. The molecular weight excluding hydrogens is 355 g/mol. The normalized spacial score (nSPS) is 12.9. The molecule has 0 saturated heterocycles. The van der Waals surface area contributed by atoms with E-state index in [0.29, 0.717) is 18.4 Å². The molecule has 0 saturated carbocycles. The van der Waals surface area contributed by atoms with E-state index in [9.17, 15) is 19.6 Å². The monoisotopic (exact) mass is 382 g/mol. The topological polar surface area (TPSA) is 98.7 Å². The van der Waals surface area contributed by atoms with Crippen LogP contribution in [0.15, 0.2) is 60.7 Å². The summed E-state index contributed by atoms with van der Waals surface area (Å²) in [5.41, 5.74) is 1.34. The Morgan fingerprint density at radius 1 is 0.929 bits per heavy atom. The standard InChI is InChI=1S/C21H27BN2O4/c1-15(2)13-19(22(27)28)24-21(26)18(14-16-9-5-3-6-10-16)23-20(25)17-11-7-4-8-12-17/h3-12,15,18-19,27-28H,13-14H2,1-2H3,(H,23,25)(H,24,26). The van der Waals surface area contributed by atoms with Gasteiger partial charge in [-0.25, -0.2) is 0 Å². The van der Waals surface area contributed by atoms with E-state index < -0.39 is 25.0 Å². The first-order valence-electron chi connectivity index (χ1n) is 9.43. The molecule has 2 unspecified atom stereocenters. The lowest BCUT2D eigenvalue weighted by atomic mass is 9.75. The van der Waals surface area contributed by atoms with Crippen molar-refractivity contribution in [2.45, 2.75) is 38.7 Å². The van der Waals surface area contributed by atoms with Gasteiger partial charge in [-0.1, -0.05) is 62.4 Å². The maximum absolute atomic E-state index is 12.9. The lowest BCUT2D eigenvalue weighted by molar-refractivity contribution is -0.123. The first-order chi connectivity index (χ1) is 13.4. The van der Waals surface area contributed by atoms with Crippen molar-refractivity contribution >= 4 is 18.9 Å². The number of carbonyl (C=O) groups excluding carboxylic acids is 2. The molecule has 6 nitrogen and oxygen atoms in total. The Balaban J connectivity index is 2.16. The van der Waals surface area contributed by atoms with E-state index in [4.69, 9.17) is 0 Å². The second-order valence-electron chi connectivity index (χ2n) is 7.24. The zero-order valence-corrected chi connectivity index (χ0v) is 16.2. The summed E-state index contributed by atoms with van der Waals surface area (Å²) in [4.78, 5) is 25.4. The number of amides is 2. The Labute approximate surface area is 166 Å². The van der Waals surface area contributed by atoms with E-state index in [2.05, 4.69) is 10.6 Å². The van der Waals surface area contributed by atoms with Gasteiger partial charge in [-0.05, 0) is 30.0 Å². The molecule has 148 valence electrons. The number of carbonyl (C=O) groups is 2. The Bertz CT molecular complexity index is 754. The minimum absolute atomic E-state index is 0.165. The van der Waals surface area contributed by atoms with Gasteiger partial charge in [-0.15, -0.1) is 0 Å². The molecule has 0 aromatic heterocycles. The lowest BCUT2D eigenvalue weighted by Crippen LogP contribution is -2.55. The highest BCUT2D eigenvalue weighted by atomic mass is 16.4. The summed E-state index contributed by atoms with van der Waals surface area (Å²) in [5.74, 6) is -1.45. The summed E-state index contributed by atoms with van der Waals surface area (Å²) in [6, 6.07) is 17.2. The van der Waals surface area contributed by atoms with Gasteiger partial charge in [0, 0.05) is 12.0 Å². The molecule has 0 aliphatic heterocycles. The summed E-state index contributed by atoms with van der Waals surface area (Å²) >= 11 is 0. The molecule has 28 heavy (non-hydrogen) atoms. The fourth-order valence-electron chi connectivity index (χ4n) is 2.94. The summed E-state index contributed by atoms with van der Waals surface area (Å²) < 4.78 is 0. The predicted molar refractivity (Wildman–Crippen MR) is 109 cm³/mol. The van der Waals surface area contributed by atoms with Gasteiger partial charge in [-0.2, -0.15) is 0 Å². The van der Waals surface area contributed by atoms with Gasteiger partial charge in [0.1, 0.15) is 6.04 Å². The predicted octanol–water partition coefficient (Wildman–Crippen LogP) is 1.57. The van der Waals surface area contributed by atoms with E-state index in [0.717, 1.165) is 5.56 Å². The number of nitrogens with one attached hydrogen (secondary N) is 2. The first-order valence-corrected chi connectivity index (χ1v) is 9.43. The molecular formula is C21H27BN2O4. The van der Waals surface area contributed by atoms with Crippen LogP contribution in [0.3, 0.4) is 0 Å². The molecule has 2 aromatic rings. The Morgan fingerprint density at radius 2 is 1.50 bits per heavy atom. The second kappa shape index (κ2) is 10.6. The average molecular weight is 382 g/mol. The second-order valence-corrected chi connectivity index (χ2v) is 7.24. The van der Waals surface area contributed by atoms with Crippen molar-refractivity contribution in [1.82, 2.24) is 10.6 Å². The molecule has 2 atom stereocenters. The fraction of sp³-hybridized carbons (Fsp3) is 0.333. The molecule has 0 heterocycles. The van der Waals surface area contributed by atoms with Crippen LogP contribution in [-0.4, -0.2) is 41.0 Å². The smallest absolute Gasteiger partial charge is 0.426 e. The maximum Gasteiger partial charge on any atom is 0.475 e.